The van der Waals surface area contributed by atoms with Crippen molar-refractivity contribution in [3.05, 3.63) is 48.0 Å². The first-order valence-corrected chi connectivity index (χ1v) is 7.31. The van der Waals surface area contributed by atoms with Gasteiger partial charge in [-0.05, 0) is 19.4 Å². The molecule has 0 N–H and O–H groups in total. The maximum absolute atomic E-state index is 11.0. The van der Waals surface area contributed by atoms with E-state index in [1.54, 1.807) is 0 Å². The van der Waals surface area contributed by atoms with Gasteiger partial charge in [0.05, 0.1) is 6.61 Å². The van der Waals surface area contributed by atoms with Gasteiger partial charge in [-0.1, -0.05) is 36.9 Å². The monoisotopic (exact) mass is 304 g/mol. The highest BCUT2D eigenvalue weighted by Gasteiger charge is 2.55. The minimum atomic E-state index is -0.725. The Bertz CT molecular complexity index is 553. The van der Waals surface area contributed by atoms with Gasteiger partial charge >= 0.3 is 0 Å². The van der Waals surface area contributed by atoms with E-state index in [9.17, 15) is 4.79 Å². The van der Waals surface area contributed by atoms with Crippen molar-refractivity contribution >= 4 is 6.29 Å². The van der Waals surface area contributed by atoms with Gasteiger partial charge in [0.15, 0.2) is 12.1 Å². The topological polar surface area (TPSA) is 54.0 Å². The Morgan fingerprint density at radius 3 is 2.73 bits per heavy atom. The smallest absolute Gasteiger partial charge is 0.190 e. The zero-order chi connectivity index (χ0) is 15.7. The van der Waals surface area contributed by atoms with Crippen LogP contribution in [0.25, 0.3) is 0 Å². The second-order valence-corrected chi connectivity index (χ2v) is 5.98. The Hall–Kier alpha value is -1.53. The van der Waals surface area contributed by atoms with Crippen LogP contribution >= 0.6 is 0 Å². The van der Waals surface area contributed by atoms with Crippen LogP contribution in [0.2, 0.25) is 0 Å². The SMILES string of the molecule is C=C(C=O)[C@H]1O[C@@H]2OC(C)(C)O[C@@H]2[C@H]1OCc1ccccc1. The van der Waals surface area contributed by atoms with E-state index >= 15 is 0 Å². The molecule has 2 fully saturated rings. The van der Waals surface area contributed by atoms with Crippen LogP contribution in [0.15, 0.2) is 42.5 Å². The van der Waals surface area contributed by atoms with E-state index in [0.717, 1.165) is 5.56 Å². The second kappa shape index (κ2) is 5.93. The molecule has 0 spiro atoms. The van der Waals surface area contributed by atoms with Crippen molar-refractivity contribution in [1.82, 2.24) is 0 Å². The van der Waals surface area contributed by atoms with Gasteiger partial charge < -0.3 is 18.9 Å². The average molecular weight is 304 g/mol. The minimum Gasteiger partial charge on any atom is -0.368 e. The molecule has 5 heteroatoms. The second-order valence-electron chi connectivity index (χ2n) is 5.98. The normalized spacial score (nSPS) is 32.6. The molecule has 0 bridgehead atoms. The van der Waals surface area contributed by atoms with Crippen LogP contribution in [0.5, 0.6) is 0 Å². The van der Waals surface area contributed by atoms with Crippen molar-refractivity contribution in [3.8, 4) is 0 Å². The first-order valence-electron chi connectivity index (χ1n) is 7.31. The fraction of sp³-hybridized carbons (Fsp3) is 0.471. The lowest BCUT2D eigenvalue weighted by atomic mass is 10.0. The molecule has 0 aliphatic carbocycles. The zero-order valence-corrected chi connectivity index (χ0v) is 12.7. The number of rotatable bonds is 5. The maximum atomic E-state index is 11.0. The molecule has 0 aromatic heterocycles. The molecule has 0 radical (unpaired) electrons. The largest absolute Gasteiger partial charge is 0.368 e. The molecule has 0 amide bonds. The molecule has 22 heavy (non-hydrogen) atoms. The number of hydrogen-bond acceptors (Lipinski definition) is 5. The highest BCUT2D eigenvalue weighted by atomic mass is 16.8. The lowest BCUT2D eigenvalue weighted by Gasteiger charge is -2.25. The lowest BCUT2D eigenvalue weighted by molar-refractivity contribution is -0.214. The summed E-state index contributed by atoms with van der Waals surface area (Å²) in [6, 6.07) is 9.81. The van der Waals surface area contributed by atoms with Crippen LogP contribution in [-0.2, 0) is 30.3 Å². The van der Waals surface area contributed by atoms with E-state index < -0.39 is 24.3 Å². The summed E-state index contributed by atoms with van der Waals surface area (Å²) in [7, 11) is 0. The summed E-state index contributed by atoms with van der Waals surface area (Å²) in [5.41, 5.74) is 1.37. The van der Waals surface area contributed by atoms with Crippen LogP contribution in [0.1, 0.15) is 19.4 Å². The fourth-order valence-electron chi connectivity index (χ4n) is 2.79. The van der Waals surface area contributed by atoms with Crippen molar-refractivity contribution in [2.45, 2.75) is 50.8 Å². The molecule has 5 nitrogen and oxygen atoms in total. The molecule has 2 aliphatic rings. The van der Waals surface area contributed by atoms with Crippen molar-refractivity contribution in [3.63, 3.8) is 0 Å². The van der Waals surface area contributed by atoms with Crippen molar-refractivity contribution in [2.24, 2.45) is 0 Å². The summed E-state index contributed by atoms with van der Waals surface area (Å²) in [6.45, 7) is 7.80. The van der Waals surface area contributed by atoms with Crippen molar-refractivity contribution < 1.29 is 23.7 Å². The highest BCUT2D eigenvalue weighted by molar-refractivity contribution is 5.74. The molecule has 118 valence electrons. The summed E-state index contributed by atoms with van der Waals surface area (Å²) in [6.07, 6.45) is -1.20. The van der Waals surface area contributed by atoms with E-state index in [1.165, 1.54) is 0 Å². The van der Waals surface area contributed by atoms with E-state index in [0.29, 0.717) is 18.5 Å². The first kappa shape index (κ1) is 15.4. The van der Waals surface area contributed by atoms with Gasteiger partial charge in [-0.3, -0.25) is 4.79 Å². The Labute approximate surface area is 129 Å². The van der Waals surface area contributed by atoms with Gasteiger partial charge in [-0.15, -0.1) is 0 Å². The molecule has 3 rings (SSSR count). The molecular formula is C17H20O5. The third kappa shape index (κ3) is 2.98. The lowest BCUT2D eigenvalue weighted by Crippen LogP contribution is -2.37. The molecular weight excluding hydrogens is 284 g/mol. The summed E-state index contributed by atoms with van der Waals surface area (Å²) >= 11 is 0. The number of ether oxygens (including phenoxy) is 4. The molecule has 1 aromatic rings. The molecule has 1 aromatic carbocycles. The van der Waals surface area contributed by atoms with Crippen molar-refractivity contribution in [1.29, 1.82) is 0 Å². The zero-order valence-electron chi connectivity index (χ0n) is 12.7. The Morgan fingerprint density at radius 2 is 2.05 bits per heavy atom. The molecule has 4 atom stereocenters. The number of carbonyl (C=O) groups is 1. The van der Waals surface area contributed by atoms with Crippen LogP contribution < -0.4 is 0 Å². The van der Waals surface area contributed by atoms with Gasteiger partial charge in [-0.2, -0.15) is 0 Å². The maximum Gasteiger partial charge on any atom is 0.190 e. The van der Waals surface area contributed by atoms with Crippen molar-refractivity contribution in [2.75, 3.05) is 0 Å². The molecule has 2 heterocycles. The van der Waals surface area contributed by atoms with Gasteiger partial charge in [0.1, 0.15) is 24.6 Å². The average Bonchev–Trinajstić information content (AvgIpc) is 2.97. The van der Waals surface area contributed by atoms with E-state index in [4.69, 9.17) is 18.9 Å². The van der Waals surface area contributed by atoms with E-state index in [1.807, 2.05) is 44.2 Å². The summed E-state index contributed by atoms with van der Waals surface area (Å²) in [5.74, 6) is -0.725. The molecule has 0 saturated carbocycles. The summed E-state index contributed by atoms with van der Waals surface area (Å²) in [4.78, 5) is 11.0. The number of fused-ring (bicyclic) bond motifs is 1. The quantitative estimate of drug-likeness (QED) is 0.616. The van der Waals surface area contributed by atoms with Crippen LogP contribution in [0.4, 0.5) is 0 Å². The molecule has 0 unspecified atom stereocenters. The third-order valence-corrected chi connectivity index (χ3v) is 3.79. The van der Waals surface area contributed by atoms with Crippen LogP contribution in [-0.4, -0.2) is 36.7 Å². The number of carbonyl (C=O) groups excluding carboxylic acids is 1. The Morgan fingerprint density at radius 1 is 1.32 bits per heavy atom. The number of hydrogen-bond donors (Lipinski definition) is 0. The molecule has 2 saturated heterocycles. The van der Waals surface area contributed by atoms with Crippen LogP contribution in [0, 0.1) is 0 Å². The van der Waals surface area contributed by atoms with Gasteiger partial charge in [0.25, 0.3) is 0 Å². The summed E-state index contributed by atoms with van der Waals surface area (Å²) < 4.78 is 23.3. The standard InChI is InChI=1S/C17H20O5/c1-11(9-18)13-14(19-10-12-7-5-4-6-8-12)15-16(20-13)22-17(2,3)21-15/h4-9,13-16H,1,10H2,2-3H3/t13-,14+,15-,16-/m1/s1. The number of benzene rings is 1. The van der Waals surface area contributed by atoms with E-state index in [-0.39, 0.29) is 6.10 Å². The van der Waals surface area contributed by atoms with Crippen LogP contribution in [0.3, 0.4) is 0 Å². The molecule has 2 aliphatic heterocycles. The highest BCUT2D eigenvalue weighted by Crippen LogP contribution is 2.40. The Balaban J connectivity index is 1.74. The van der Waals surface area contributed by atoms with Gasteiger partial charge in [0, 0.05) is 5.57 Å². The third-order valence-electron chi connectivity index (χ3n) is 3.79. The predicted molar refractivity (Wildman–Crippen MR) is 78.9 cm³/mol. The summed E-state index contributed by atoms with van der Waals surface area (Å²) in [5, 5.41) is 0. The minimum absolute atomic E-state index is 0.331. The first-order chi connectivity index (χ1) is 10.5. The number of aldehydes is 1. The van der Waals surface area contributed by atoms with Gasteiger partial charge in [0.2, 0.25) is 0 Å². The van der Waals surface area contributed by atoms with Gasteiger partial charge in [-0.25, -0.2) is 0 Å². The van der Waals surface area contributed by atoms with E-state index in [2.05, 4.69) is 6.58 Å². The predicted octanol–water partition coefficient (Wildman–Crippen LogP) is 2.20. The fourth-order valence-corrected chi connectivity index (χ4v) is 2.79. The Kier molecular flexibility index (Phi) is 4.14.